The third kappa shape index (κ3) is 5.77. The molecule has 1 fully saturated rings. The Morgan fingerprint density at radius 2 is 2.05 bits per heavy atom. The number of likely N-dealkylation sites (N-methyl/N-ethyl adjacent to an activating group) is 1. The molecule has 0 aliphatic carbocycles. The fraction of sp³-hybridized carbons (Fsp3) is 0.667. The van der Waals surface area contributed by atoms with Gasteiger partial charge in [-0.25, -0.2) is 0 Å². The second kappa shape index (κ2) is 8.52. The van der Waals surface area contributed by atoms with E-state index >= 15 is 0 Å². The molecule has 0 spiro atoms. The van der Waals surface area contributed by atoms with Crippen LogP contribution < -0.4 is 5.32 Å². The van der Waals surface area contributed by atoms with E-state index in [2.05, 4.69) is 66.3 Å². The number of piperidine rings is 1. The highest BCUT2D eigenvalue weighted by Gasteiger charge is 2.19. The molecule has 21 heavy (non-hydrogen) atoms. The minimum atomic E-state index is 0.632. The topological polar surface area (TPSA) is 18.5 Å². The van der Waals surface area contributed by atoms with Crippen LogP contribution in [0.2, 0.25) is 0 Å². The smallest absolute Gasteiger partial charge is 0.0234 e. The molecular weight excluding hydrogens is 258 g/mol. The van der Waals surface area contributed by atoms with Gasteiger partial charge >= 0.3 is 0 Å². The fourth-order valence-electron chi connectivity index (χ4n) is 2.91. The summed E-state index contributed by atoms with van der Waals surface area (Å²) in [5.41, 5.74) is 1.43. The van der Waals surface area contributed by atoms with Gasteiger partial charge in [0.1, 0.15) is 0 Å². The Morgan fingerprint density at radius 3 is 2.76 bits per heavy atom. The van der Waals surface area contributed by atoms with Gasteiger partial charge in [-0.3, -0.25) is 4.90 Å². The van der Waals surface area contributed by atoms with Crippen molar-refractivity contribution in [2.45, 2.75) is 45.3 Å². The minimum absolute atomic E-state index is 0.632. The zero-order chi connectivity index (χ0) is 15.1. The van der Waals surface area contributed by atoms with E-state index in [-0.39, 0.29) is 0 Å². The highest BCUT2D eigenvalue weighted by Crippen LogP contribution is 2.13. The van der Waals surface area contributed by atoms with E-state index in [1.807, 2.05) is 0 Å². The molecule has 0 saturated carbocycles. The summed E-state index contributed by atoms with van der Waals surface area (Å²) in [7, 11) is 2.20. The van der Waals surface area contributed by atoms with Gasteiger partial charge in [0.25, 0.3) is 0 Å². The van der Waals surface area contributed by atoms with Crippen LogP contribution in [0, 0.1) is 0 Å². The van der Waals surface area contributed by atoms with Crippen molar-refractivity contribution in [1.82, 2.24) is 15.1 Å². The van der Waals surface area contributed by atoms with Gasteiger partial charge in [0.15, 0.2) is 0 Å². The van der Waals surface area contributed by atoms with E-state index in [9.17, 15) is 0 Å². The van der Waals surface area contributed by atoms with E-state index in [4.69, 9.17) is 0 Å². The van der Waals surface area contributed by atoms with Crippen molar-refractivity contribution in [3.63, 3.8) is 0 Å². The van der Waals surface area contributed by atoms with Crippen molar-refractivity contribution in [2.24, 2.45) is 0 Å². The Labute approximate surface area is 130 Å². The van der Waals surface area contributed by atoms with Crippen molar-refractivity contribution in [3.8, 4) is 0 Å². The summed E-state index contributed by atoms with van der Waals surface area (Å²) in [6.07, 6.45) is 2.63. The Morgan fingerprint density at radius 1 is 1.29 bits per heavy atom. The third-order valence-corrected chi connectivity index (χ3v) is 4.53. The number of rotatable bonds is 7. The van der Waals surface area contributed by atoms with Crippen LogP contribution in [0.25, 0.3) is 0 Å². The average molecular weight is 289 g/mol. The van der Waals surface area contributed by atoms with E-state index < -0.39 is 0 Å². The fourth-order valence-corrected chi connectivity index (χ4v) is 2.91. The second-order valence-corrected chi connectivity index (χ2v) is 6.59. The largest absolute Gasteiger partial charge is 0.311 e. The summed E-state index contributed by atoms with van der Waals surface area (Å²) in [6, 6.07) is 12.1. The number of benzene rings is 1. The SMILES string of the molecule is CC(C)N(C)CCNC1CCCN(Cc2ccccc2)C1. The van der Waals surface area contributed by atoms with Crippen LogP contribution in [0.1, 0.15) is 32.3 Å². The first-order valence-corrected chi connectivity index (χ1v) is 8.35. The standard InChI is InChI=1S/C18H31N3/c1-16(2)20(3)13-11-19-18-10-7-12-21(15-18)14-17-8-5-4-6-9-17/h4-6,8-9,16,18-19H,7,10-15H2,1-3H3. The van der Waals surface area contributed by atoms with E-state index in [1.165, 1.54) is 31.5 Å². The molecule has 3 nitrogen and oxygen atoms in total. The van der Waals surface area contributed by atoms with Gasteiger partial charge < -0.3 is 10.2 Å². The molecule has 1 heterocycles. The first kappa shape index (κ1) is 16.5. The molecule has 1 aliphatic rings. The molecule has 0 aromatic heterocycles. The molecule has 1 aromatic rings. The van der Waals surface area contributed by atoms with Gasteiger partial charge in [-0.2, -0.15) is 0 Å². The van der Waals surface area contributed by atoms with Crippen LogP contribution >= 0.6 is 0 Å². The first-order chi connectivity index (χ1) is 10.1. The van der Waals surface area contributed by atoms with E-state index in [0.717, 1.165) is 19.6 Å². The molecule has 3 heteroatoms. The lowest BCUT2D eigenvalue weighted by atomic mass is 10.0. The molecule has 2 rings (SSSR count). The summed E-state index contributed by atoms with van der Waals surface area (Å²) in [5, 5.41) is 3.74. The number of likely N-dealkylation sites (tertiary alicyclic amines) is 1. The lowest BCUT2D eigenvalue weighted by Gasteiger charge is -2.34. The predicted molar refractivity (Wildman–Crippen MR) is 90.5 cm³/mol. The summed E-state index contributed by atoms with van der Waals surface area (Å²) in [4.78, 5) is 4.99. The van der Waals surface area contributed by atoms with Crippen molar-refractivity contribution in [2.75, 3.05) is 33.2 Å². The highest BCUT2D eigenvalue weighted by molar-refractivity contribution is 5.14. The third-order valence-electron chi connectivity index (χ3n) is 4.53. The number of hydrogen-bond acceptors (Lipinski definition) is 3. The van der Waals surface area contributed by atoms with Crippen LogP contribution in [-0.2, 0) is 6.54 Å². The Balaban J connectivity index is 1.71. The molecule has 1 unspecified atom stereocenters. The first-order valence-electron chi connectivity index (χ1n) is 8.35. The number of nitrogens with zero attached hydrogens (tertiary/aromatic N) is 2. The lowest BCUT2D eigenvalue weighted by Crippen LogP contribution is -2.47. The maximum absolute atomic E-state index is 3.74. The maximum atomic E-state index is 3.74. The molecule has 1 aromatic carbocycles. The molecule has 118 valence electrons. The highest BCUT2D eigenvalue weighted by atomic mass is 15.2. The molecular formula is C18H31N3. The van der Waals surface area contributed by atoms with Crippen molar-refractivity contribution < 1.29 is 0 Å². The second-order valence-electron chi connectivity index (χ2n) is 6.59. The summed E-state index contributed by atoms with van der Waals surface area (Å²) in [6.45, 7) is 10.2. The lowest BCUT2D eigenvalue weighted by molar-refractivity contribution is 0.178. The molecule has 1 saturated heterocycles. The van der Waals surface area contributed by atoms with Crippen LogP contribution in [0.15, 0.2) is 30.3 Å². The summed E-state index contributed by atoms with van der Waals surface area (Å²) >= 11 is 0. The maximum Gasteiger partial charge on any atom is 0.0234 e. The summed E-state index contributed by atoms with van der Waals surface area (Å²) in [5.74, 6) is 0. The molecule has 0 bridgehead atoms. The molecule has 0 amide bonds. The van der Waals surface area contributed by atoms with E-state index in [0.29, 0.717) is 12.1 Å². The monoisotopic (exact) mass is 289 g/mol. The van der Waals surface area contributed by atoms with Crippen LogP contribution in [-0.4, -0.2) is 55.1 Å². The molecule has 1 N–H and O–H groups in total. The van der Waals surface area contributed by atoms with Crippen LogP contribution in [0.3, 0.4) is 0 Å². The normalized spacial score (nSPS) is 20.3. The zero-order valence-corrected chi connectivity index (χ0v) is 13.9. The van der Waals surface area contributed by atoms with Gasteiger partial charge in [-0.1, -0.05) is 30.3 Å². The molecule has 1 aliphatic heterocycles. The Bertz CT molecular complexity index is 391. The Hall–Kier alpha value is -0.900. The van der Waals surface area contributed by atoms with Crippen molar-refractivity contribution in [3.05, 3.63) is 35.9 Å². The van der Waals surface area contributed by atoms with E-state index in [1.54, 1.807) is 0 Å². The summed E-state index contributed by atoms with van der Waals surface area (Å²) < 4.78 is 0. The van der Waals surface area contributed by atoms with Gasteiger partial charge in [0.2, 0.25) is 0 Å². The molecule has 0 radical (unpaired) electrons. The van der Waals surface area contributed by atoms with Gasteiger partial charge in [-0.15, -0.1) is 0 Å². The quantitative estimate of drug-likeness (QED) is 0.832. The molecule has 1 atom stereocenters. The minimum Gasteiger partial charge on any atom is -0.311 e. The zero-order valence-electron chi connectivity index (χ0n) is 13.9. The van der Waals surface area contributed by atoms with Crippen molar-refractivity contribution in [1.29, 1.82) is 0 Å². The van der Waals surface area contributed by atoms with Gasteiger partial charge in [0.05, 0.1) is 0 Å². The number of nitrogens with one attached hydrogen (secondary N) is 1. The van der Waals surface area contributed by atoms with Crippen LogP contribution in [0.5, 0.6) is 0 Å². The van der Waals surface area contributed by atoms with Crippen LogP contribution in [0.4, 0.5) is 0 Å². The van der Waals surface area contributed by atoms with Gasteiger partial charge in [-0.05, 0) is 45.8 Å². The number of hydrogen-bond donors (Lipinski definition) is 1. The average Bonchev–Trinajstić information content (AvgIpc) is 2.48. The Kier molecular flexibility index (Phi) is 6.68. The predicted octanol–water partition coefficient (Wildman–Crippen LogP) is 2.58. The van der Waals surface area contributed by atoms with Gasteiger partial charge in [0, 0.05) is 38.3 Å². The van der Waals surface area contributed by atoms with Crippen molar-refractivity contribution >= 4 is 0 Å².